The number of oxazole rings is 1. The molecule has 5 nitrogen and oxygen atoms in total. The zero-order valence-electron chi connectivity index (χ0n) is 17.4. The van der Waals surface area contributed by atoms with Crippen molar-refractivity contribution in [2.24, 2.45) is 0 Å². The van der Waals surface area contributed by atoms with Gasteiger partial charge in [-0.2, -0.15) is 0 Å². The van der Waals surface area contributed by atoms with Crippen LogP contribution in [0.5, 0.6) is 0 Å². The van der Waals surface area contributed by atoms with Gasteiger partial charge in [-0.25, -0.2) is 4.98 Å². The van der Waals surface area contributed by atoms with Crippen LogP contribution in [0.1, 0.15) is 39.4 Å². The van der Waals surface area contributed by atoms with Crippen molar-refractivity contribution < 1.29 is 9.21 Å². The minimum Gasteiger partial charge on any atom is -0.440 e. The van der Waals surface area contributed by atoms with Crippen molar-refractivity contribution in [2.45, 2.75) is 25.9 Å². The molecule has 2 heterocycles. The number of rotatable bonds is 7. The number of amides is 1. The van der Waals surface area contributed by atoms with E-state index in [4.69, 9.17) is 4.42 Å². The Kier molecular flexibility index (Phi) is 5.50. The van der Waals surface area contributed by atoms with Crippen molar-refractivity contribution in [3.63, 3.8) is 0 Å². The molecule has 0 bridgehead atoms. The maximum Gasteiger partial charge on any atom is 0.251 e. The largest absolute Gasteiger partial charge is 0.440 e. The summed E-state index contributed by atoms with van der Waals surface area (Å²) in [4.78, 5) is 19.6. The fourth-order valence-electron chi connectivity index (χ4n) is 4.13. The quantitative estimate of drug-likeness (QED) is 0.453. The number of nitrogens with one attached hydrogen (secondary N) is 1. The van der Waals surface area contributed by atoms with Crippen molar-refractivity contribution in [2.75, 3.05) is 13.1 Å². The number of hydrogen-bond donors (Lipinski definition) is 1. The van der Waals surface area contributed by atoms with Gasteiger partial charge in [-0.15, -0.1) is 0 Å². The Bertz CT molecular complexity index is 1170. The van der Waals surface area contributed by atoms with E-state index in [1.165, 1.54) is 11.1 Å². The highest BCUT2D eigenvalue weighted by Gasteiger charge is 2.17. The average Bonchev–Trinajstić information content (AvgIpc) is 3.39. The fourth-order valence-corrected chi connectivity index (χ4v) is 4.13. The summed E-state index contributed by atoms with van der Waals surface area (Å²) in [7, 11) is 0. The first-order valence-corrected chi connectivity index (χ1v) is 10.8. The van der Waals surface area contributed by atoms with Crippen LogP contribution < -0.4 is 5.32 Å². The normalized spacial score (nSPS) is 13.4. The molecule has 0 atom stereocenters. The van der Waals surface area contributed by atoms with E-state index in [2.05, 4.69) is 51.6 Å². The van der Waals surface area contributed by atoms with Crippen LogP contribution in [0.4, 0.5) is 0 Å². The zero-order chi connectivity index (χ0) is 21.0. The van der Waals surface area contributed by atoms with E-state index in [9.17, 15) is 4.79 Å². The van der Waals surface area contributed by atoms with Gasteiger partial charge in [0.05, 0.1) is 0 Å². The zero-order valence-corrected chi connectivity index (χ0v) is 17.4. The molecule has 0 aliphatic carbocycles. The van der Waals surface area contributed by atoms with Crippen LogP contribution >= 0.6 is 0 Å². The van der Waals surface area contributed by atoms with E-state index >= 15 is 0 Å². The smallest absolute Gasteiger partial charge is 0.251 e. The van der Waals surface area contributed by atoms with E-state index < -0.39 is 0 Å². The topological polar surface area (TPSA) is 58.4 Å². The van der Waals surface area contributed by atoms with E-state index in [-0.39, 0.29) is 5.91 Å². The van der Waals surface area contributed by atoms with E-state index in [1.807, 2.05) is 24.3 Å². The molecule has 5 heteroatoms. The Morgan fingerprint density at radius 3 is 2.48 bits per heavy atom. The van der Waals surface area contributed by atoms with Gasteiger partial charge in [-0.05, 0) is 41.3 Å². The number of aromatic nitrogens is 1. The third kappa shape index (κ3) is 4.52. The van der Waals surface area contributed by atoms with Crippen LogP contribution in [0, 0.1) is 0 Å². The minimum absolute atomic E-state index is 0.0702. The van der Waals surface area contributed by atoms with Gasteiger partial charge in [0.25, 0.3) is 5.91 Å². The first kappa shape index (κ1) is 19.5. The summed E-state index contributed by atoms with van der Waals surface area (Å²) in [6, 6.07) is 24.1. The number of benzene rings is 3. The molecule has 0 unspecified atom stereocenters. The molecule has 156 valence electrons. The molecule has 1 aromatic heterocycles. The molecule has 0 radical (unpaired) electrons. The molecule has 0 fully saturated rings. The molecule has 5 rings (SSSR count). The highest BCUT2D eigenvalue weighted by Crippen LogP contribution is 2.22. The Balaban J connectivity index is 1.14. The molecule has 0 spiro atoms. The van der Waals surface area contributed by atoms with Crippen molar-refractivity contribution in [3.8, 4) is 0 Å². The monoisotopic (exact) mass is 411 g/mol. The standard InChI is InChI=1S/C26H25N3O2/c30-26(27-13-6-14-29-17-21-9-4-5-10-22(21)18-29)20-11-12-24-23(16-20)28-25(31-24)15-19-7-2-1-3-8-19/h1-5,7-12,16H,6,13-15,17-18H2,(H,27,30). The van der Waals surface area contributed by atoms with E-state index in [0.29, 0.717) is 35.5 Å². The molecule has 31 heavy (non-hydrogen) atoms. The Morgan fingerprint density at radius 2 is 1.71 bits per heavy atom. The maximum atomic E-state index is 12.6. The summed E-state index contributed by atoms with van der Waals surface area (Å²) < 4.78 is 5.84. The number of fused-ring (bicyclic) bond motifs is 2. The molecule has 0 saturated heterocycles. The second-order valence-electron chi connectivity index (χ2n) is 8.04. The Hall–Kier alpha value is -3.44. The van der Waals surface area contributed by atoms with Gasteiger partial charge in [0.2, 0.25) is 0 Å². The molecular formula is C26H25N3O2. The third-order valence-corrected chi connectivity index (χ3v) is 5.74. The lowest BCUT2D eigenvalue weighted by atomic mass is 10.1. The van der Waals surface area contributed by atoms with Gasteiger partial charge in [-0.1, -0.05) is 54.6 Å². The van der Waals surface area contributed by atoms with Crippen molar-refractivity contribution >= 4 is 17.0 Å². The van der Waals surface area contributed by atoms with E-state index in [1.54, 1.807) is 12.1 Å². The van der Waals surface area contributed by atoms with Gasteiger partial charge >= 0.3 is 0 Å². The summed E-state index contributed by atoms with van der Waals surface area (Å²) in [5, 5.41) is 3.03. The van der Waals surface area contributed by atoms with Crippen LogP contribution in [-0.4, -0.2) is 28.9 Å². The van der Waals surface area contributed by atoms with Crippen molar-refractivity contribution in [1.29, 1.82) is 0 Å². The minimum atomic E-state index is -0.0702. The maximum absolute atomic E-state index is 12.6. The highest BCUT2D eigenvalue weighted by molar-refractivity contribution is 5.97. The molecule has 1 aliphatic heterocycles. The summed E-state index contributed by atoms with van der Waals surface area (Å²) >= 11 is 0. The van der Waals surface area contributed by atoms with Gasteiger partial charge in [0.15, 0.2) is 11.5 Å². The van der Waals surface area contributed by atoms with Gasteiger partial charge in [0.1, 0.15) is 5.52 Å². The first-order chi connectivity index (χ1) is 15.2. The molecule has 1 amide bonds. The summed E-state index contributed by atoms with van der Waals surface area (Å²) in [5.41, 5.74) is 6.01. The van der Waals surface area contributed by atoms with E-state index in [0.717, 1.165) is 31.6 Å². The summed E-state index contributed by atoms with van der Waals surface area (Å²) in [5.74, 6) is 0.588. The summed E-state index contributed by atoms with van der Waals surface area (Å²) in [6.45, 7) is 3.62. The second-order valence-corrected chi connectivity index (χ2v) is 8.04. The molecular weight excluding hydrogens is 386 g/mol. The van der Waals surface area contributed by atoms with Crippen LogP contribution in [0.3, 0.4) is 0 Å². The van der Waals surface area contributed by atoms with Crippen LogP contribution in [0.2, 0.25) is 0 Å². The lowest BCUT2D eigenvalue weighted by Gasteiger charge is -2.14. The molecule has 1 N–H and O–H groups in total. The Morgan fingerprint density at radius 1 is 0.968 bits per heavy atom. The molecule has 0 saturated carbocycles. The number of nitrogens with zero attached hydrogens (tertiary/aromatic N) is 2. The lowest BCUT2D eigenvalue weighted by molar-refractivity contribution is 0.0951. The predicted octanol–water partition coefficient (Wildman–Crippen LogP) is 4.55. The van der Waals surface area contributed by atoms with Gasteiger partial charge in [-0.3, -0.25) is 9.69 Å². The molecule has 1 aliphatic rings. The number of carbonyl (C=O) groups excluding carboxylic acids is 1. The van der Waals surface area contributed by atoms with Crippen LogP contribution in [0.15, 0.2) is 77.2 Å². The van der Waals surface area contributed by atoms with Crippen molar-refractivity contribution in [3.05, 3.63) is 101 Å². The Labute approximate surface area is 181 Å². The van der Waals surface area contributed by atoms with Gasteiger partial charge in [0, 0.05) is 38.2 Å². The third-order valence-electron chi connectivity index (χ3n) is 5.74. The predicted molar refractivity (Wildman–Crippen MR) is 121 cm³/mol. The molecule has 4 aromatic rings. The lowest BCUT2D eigenvalue weighted by Crippen LogP contribution is -2.27. The van der Waals surface area contributed by atoms with Crippen molar-refractivity contribution in [1.82, 2.24) is 15.2 Å². The van der Waals surface area contributed by atoms with Crippen LogP contribution in [0.25, 0.3) is 11.1 Å². The number of carbonyl (C=O) groups is 1. The van der Waals surface area contributed by atoms with Gasteiger partial charge < -0.3 is 9.73 Å². The SMILES string of the molecule is O=C(NCCCN1Cc2ccccc2C1)c1ccc2oc(Cc3ccccc3)nc2c1. The number of hydrogen-bond acceptors (Lipinski definition) is 4. The average molecular weight is 412 g/mol. The fraction of sp³-hybridized carbons (Fsp3) is 0.231. The van der Waals surface area contributed by atoms with Crippen LogP contribution in [-0.2, 0) is 19.5 Å². The molecule has 3 aromatic carbocycles. The first-order valence-electron chi connectivity index (χ1n) is 10.8. The summed E-state index contributed by atoms with van der Waals surface area (Å²) in [6.07, 6.45) is 1.56. The second kappa shape index (κ2) is 8.74. The highest BCUT2D eigenvalue weighted by atomic mass is 16.3.